The third kappa shape index (κ3) is 6.70. The molecule has 0 spiro atoms. The summed E-state index contributed by atoms with van der Waals surface area (Å²) in [5.74, 6) is 1.73. The van der Waals surface area contributed by atoms with Gasteiger partial charge in [-0.25, -0.2) is 4.79 Å². The molecule has 1 atom stereocenters. The zero-order valence-corrected chi connectivity index (χ0v) is 12.6. The van der Waals surface area contributed by atoms with Crippen molar-refractivity contribution in [2.75, 3.05) is 26.3 Å². The third-order valence-electron chi connectivity index (χ3n) is 2.53. The highest BCUT2D eigenvalue weighted by Crippen LogP contribution is 2.18. The molecule has 0 radical (unpaired) electrons. The number of rotatable bonds is 8. The quantitative estimate of drug-likeness (QED) is 0.288. The summed E-state index contributed by atoms with van der Waals surface area (Å²) in [4.78, 5) is 24.3. The van der Waals surface area contributed by atoms with E-state index in [1.54, 1.807) is 12.9 Å². The highest BCUT2D eigenvalue weighted by atomic mass is 16.6. The van der Waals surface area contributed by atoms with Gasteiger partial charge in [0, 0.05) is 6.54 Å². The molecule has 6 nitrogen and oxygen atoms in total. The molecule has 1 saturated heterocycles. The predicted molar refractivity (Wildman–Crippen MR) is 72.6 cm³/mol. The van der Waals surface area contributed by atoms with Crippen molar-refractivity contribution in [3.63, 3.8) is 0 Å². The first kappa shape index (κ1) is 16.7. The van der Waals surface area contributed by atoms with E-state index in [0.717, 1.165) is 0 Å². The van der Waals surface area contributed by atoms with Crippen LogP contribution in [0.25, 0.3) is 0 Å². The molecule has 20 heavy (non-hydrogen) atoms. The molecule has 1 fully saturated rings. The zero-order valence-electron chi connectivity index (χ0n) is 12.6. The van der Waals surface area contributed by atoms with Crippen LogP contribution in [0.4, 0.5) is 0 Å². The van der Waals surface area contributed by atoms with Crippen molar-refractivity contribution >= 4 is 11.9 Å². The van der Waals surface area contributed by atoms with E-state index in [2.05, 4.69) is 0 Å². The first-order valence-corrected chi connectivity index (χ1v) is 6.80. The van der Waals surface area contributed by atoms with Gasteiger partial charge >= 0.3 is 5.97 Å². The van der Waals surface area contributed by atoms with E-state index in [1.165, 1.54) is 0 Å². The van der Waals surface area contributed by atoms with Crippen LogP contribution in [0, 0.1) is 0 Å². The maximum atomic E-state index is 11.7. The highest BCUT2D eigenvalue weighted by molar-refractivity contribution is 5.70. The largest absolute Gasteiger partial charge is 0.486 e. The zero-order chi connectivity index (χ0) is 15.2. The molecule has 1 rings (SSSR count). The summed E-state index contributed by atoms with van der Waals surface area (Å²) in [7, 11) is 0. The minimum atomic E-state index is -0.489. The van der Waals surface area contributed by atoms with Crippen LogP contribution in [0.3, 0.4) is 0 Å². The molecular weight excluding hydrogens is 262 g/mol. The average molecular weight is 285 g/mol. The number of epoxide rings is 1. The molecule has 0 N–H and O–H groups in total. The fourth-order valence-electron chi connectivity index (χ4n) is 1.67. The Morgan fingerprint density at radius 1 is 1.45 bits per heavy atom. The topological polar surface area (TPSA) is 68.4 Å². The van der Waals surface area contributed by atoms with Crippen LogP contribution in [-0.2, 0) is 23.8 Å². The van der Waals surface area contributed by atoms with Crippen LogP contribution in [0.5, 0.6) is 0 Å². The van der Waals surface area contributed by atoms with Gasteiger partial charge in [0.1, 0.15) is 11.8 Å². The van der Waals surface area contributed by atoms with E-state index in [-0.39, 0.29) is 24.4 Å². The molecule has 0 amide bonds. The Kier molecular flexibility index (Phi) is 6.20. The van der Waals surface area contributed by atoms with Crippen molar-refractivity contribution in [3.8, 4) is 0 Å². The van der Waals surface area contributed by atoms with Gasteiger partial charge in [0.25, 0.3) is 0 Å². The maximum Gasteiger partial charge on any atom is 0.307 e. The summed E-state index contributed by atoms with van der Waals surface area (Å²) in [6.07, 6.45) is 0.191. The van der Waals surface area contributed by atoms with Crippen LogP contribution in [0.15, 0.2) is 5.76 Å². The molecule has 0 aromatic heterocycles. The lowest BCUT2D eigenvalue weighted by Crippen LogP contribution is -2.33. The predicted octanol–water partition coefficient (Wildman–Crippen LogP) is 1.13. The Labute approximate surface area is 119 Å². The van der Waals surface area contributed by atoms with Gasteiger partial charge in [0.15, 0.2) is 11.7 Å². The van der Waals surface area contributed by atoms with Gasteiger partial charge in [0.2, 0.25) is 0 Å². The second-order valence-electron chi connectivity index (χ2n) is 5.55. The lowest BCUT2D eigenvalue weighted by Gasteiger charge is -2.22. The van der Waals surface area contributed by atoms with Crippen molar-refractivity contribution < 1.29 is 23.8 Å². The summed E-state index contributed by atoms with van der Waals surface area (Å²) in [6.45, 7) is 9.06. The van der Waals surface area contributed by atoms with Crippen molar-refractivity contribution in [1.29, 1.82) is 0 Å². The molecule has 0 bridgehead atoms. The second kappa shape index (κ2) is 7.43. The lowest BCUT2D eigenvalue weighted by atomic mass is 10.2. The standard InChI is InChI=1S/C14H23NO5/c1-5-18-11(9-16)8-15(12-10-19-12)7-6-13(17)20-14(2,3)4/h12H,5-8,10H2,1-4H3/t12-/m0/s1. The highest BCUT2D eigenvalue weighted by Gasteiger charge is 2.32. The van der Waals surface area contributed by atoms with Gasteiger partial charge in [-0.2, -0.15) is 0 Å². The SMILES string of the molecule is CCOC(=C=O)CN(CCC(=O)OC(C)(C)C)[C@@H]1CO1. The van der Waals surface area contributed by atoms with Gasteiger partial charge in [0.05, 0.1) is 26.2 Å². The van der Waals surface area contributed by atoms with Crippen LogP contribution in [-0.4, -0.2) is 54.9 Å². The number of nitrogens with zero attached hydrogens (tertiary/aromatic N) is 1. The average Bonchev–Trinajstić information content (AvgIpc) is 3.15. The van der Waals surface area contributed by atoms with Gasteiger partial charge in [-0.1, -0.05) is 0 Å². The fraction of sp³-hybridized carbons (Fsp3) is 0.786. The maximum absolute atomic E-state index is 11.7. The Morgan fingerprint density at radius 2 is 2.10 bits per heavy atom. The van der Waals surface area contributed by atoms with E-state index in [0.29, 0.717) is 26.3 Å². The Bertz CT molecular complexity index is 378. The number of hydrogen-bond donors (Lipinski definition) is 0. The number of ether oxygens (including phenoxy) is 3. The smallest absolute Gasteiger partial charge is 0.307 e. The van der Waals surface area contributed by atoms with Crippen molar-refractivity contribution in [3.05, 3.63) is 5.76 Å². The number of carbonyl (C=O) groups is 1. The summed E-state index contributed by atoms with van der Waals surface area (Å²) >= 11 is 0. The molecule has 0 aromatic rings. The molecule has 1 heterocycles. The third-order valence-corrected chi connectivity index (χ3v) is 2.53. The molecule has 6 heteroatoms. The van der Waals surface area contributed by atoms with E-state index < -0.39 is 5.60 Å². The number of esters is 1. The first-order chi connectivity index (χ1) is 9.35. The minimum Gasteiger partial charge on any atom is -0.486 e. The van der Waals surface area contributed by atoms with Crippen LogP contribution in [0.1, 0.15) is 34.1 Å². The molecule has 1 aliphatic rings. The molecule has 0 aromatic carbocycles. The molecule has 114 valence electrons. The summed E-state index contributed by atoms with van der Waals surface area (Å²) in [6, 6.07) is 0. The molecule has 0 unspecified atom stereocenters. The van der Waals surface area contributed by atoms with Crippen molar-refractivity contribution in [2.45, 2.75) is 45.9 Å². The molecule has 0 saturated carbocycles. The molecular formula is C14H23NO5. The van der Waals surface area contributed by atoms with E-state index in [4.69, 9.17) is 14.2 Å². The van der Waals surface area contributed by atoms with Crippen LogP contribution < -0.4 is 0 Å². The van der Waals surface area contributed by atoms with Crippen LogP contribution >= 0.6 is 0 Å². The monoisotopic (exact) mass is 285 g/mol. The number of carbonyl (C=O) groups excluding carboxylic acids is 2. The molecule has 1 aliphatic heterocycles. The number of hydrogen-bond acceptors (Lipinski definition) is 6. The molecule has 0 aliphatic carbocycles. The van der Waals surface area contributed by atoms with E-state index >= 15 is 0 Å². The van der Waals surface area contributed by atoms with Gasteiger partial charge in [-0.3, -0.25) is 9.69 Å². The van der Waals surface area contributed by atoms with Gasteiger partial charge in [-0.05, 0) is 27.7 Å². The second-order valence-corrected chi connectivity index (χ2v) is 5.55. The summed E-state index contributed by atoms with van der Waals surface area (Å²) in [5, 5.41) is 0. The summed E-state index contributed by atoms with van der Waals surface area (Å²) in [5.41, 5.74) is -0.489. The van der Waals surface area contributed by atoms with Gasteiger partial charge < -0.3 is 14.2 Å². The normalized spacial score (nSPS) is 17.6. The van der Waals surface area contributed by atoms with Crippen molar-refractivity contribution in [1.82, 2.24) is 4.90 Å². The van der Waals surface area contributed by atoms with Gasteiger partial charge in [-0.15, -0.1) is 0 Å². The van der Waals surface area contributed by atoms with Crippen LogP contribution in [0.2, 0.25) is 0 Å². The van der Waals surface area contributed by atoms with Crippen molar-refractivity contribution in [2.24, 2.45) is 0 Å². The fourth-order valence-corrected chi connectivity index (χ4v) is 1.67. The Balaban J connectivity index is 2.44. The Morgan fingerprint density at radius 3 is 2.55 bits per heavy atom. The minimum absolute atomic E-state index is 0.0544. The summed E-state index contributed by atoms with van der Waals surface area (Å²) < 4.78 is 15.6. The Hall–Kier alpha value is -1.36. The first-order valence-electron chi connectivity index (χ1n) is 6.80. The van der Waals surface area contributed by atoms with E-state index in [1.807, 2.05) is 25.7 Å². The van der Waals surface area contributed by atoms with E-state index in [9.17, 15) is 9.59 Å². The lowest BCUT2D eigenvalue weighted by molar-refractivity contribution is -0.155.